The van der Waals surface area contributed by atoms with Crippen molar-refractivity contribution < 1.29 is 5.11 Å². The van der Waals surface area contributed by atoms with E-state index in [0.29, 0.717) is 22.7 Å². The lowest BCUT2D eigenvalue weighted by molar-refractivity contribution is 0.281. The van der Waals surface area contributed by atoms with Crippen molar-refractivity contribution in [1.29, 1.82) is 0 Å². The van der Waals surface area contributed by atoms with Crippen LogP contribution in [0.4, 0.5) is 5.82 Å². The highest BCUT2D eigenvalue weighted by atomic mass is 16.3. The quantitative estimate of drug-likeness (QED) is 0.459. The maximum absolute atomic E-state index is 13.3. The molecule has 3 aromatic heterocycles. The Morgan fingerprint density at radius 1 is 1.06 bits per heavy atom. The molecule has 0 saturated heterocycles. The van der Waals surface area contributed by atoms with Crippen LogP contribution in [0.15, 0.2) is 59.4 Å². The third-order valence-electron chi connectivity index (χ3n) is 5.30. The van der Waals surface area contributed by atoms with Crippen LogP contribution in [0, 0.1) is 6.92 Å². The molecule has 1 atom stereocenters. The minimum atomic E-state index is -0.168. The van der Waals surface area contributed by atoms with E-state index in [-0.39, 0.29) is 24.8 Å². The van der Waals surface area contributed by atoms with Crippen LogP contribution in [0.5, 0.6) is 0 Å². The van der Waals surface area contributed by atoms with Gasteiger partial charge < -0.3 is 10.4 Å². The van der Waals surface area contributed by atoms with E-state index in [2.05, 4.69) is 10.4 Å². The normalized spacial score (nSPS) is 12.6. The monoisotopic (exact) mass is 414 g/mol. The first-order valence-electron chi connectivity index (χ1n) is 10.2. The van der Waals surface area contributed by atoms with Crippen LogP contribution in [-0.2, 0) is 6.54 Å². The third-order valence-corrected chi connectivity index (χ3v) is 5.30. The first-order chi connectivity index (χ1) is 15.0. The van der Waals surface area contributed by atoms with Crippen LogP contribution < -0.4 is 10.9 Å². The molecule has 2 aromatic carbocycles. The summed E-state index contributed by atoms with van der Waals surface area (Å²) in [5.74, 6) is 1.14. The summed E-state index contributed by atoms with van der Waals surface area (Å²) < 4.78 is 3.45. The van der Waals surface area contributed by atoms with Gasteiger partial charge in [0.15, 0.2) is 5.82 Å². The number of hydrogen-bond donors (Lipinski definition) is 2. The maximum Gasteiger partial charge on any atom is 0.262 e. The Kier molecular flexibility index (Phi) is 4.63. The Balaban J connectivity index is 1.71. The molecule has 0 aliphatic rings. The average Bonchev–Trinajstić information content (AvgIpc) is 3.18. The van der Waals surface area contributed by atoms with E-state index in [4.69, 9.17) is 9.97 Å². The van der Waals surface area contributed by atoms with Gasteiger partial charge in [-0.1, -0.05) is 24.3 Å². The van der Waals surface area contributed by atoms with E-state index in [0.717, 1.165) is 22.1 Å². The van der Waals surface area contributed by atoms with Crippen molar-refractivity contribution in [3.8, 4) is 0 Å². The maximum atomic E-state index is 13.3. The summed E-state index contributed by atoms with van der Waals surface area (Å²) >= 11 is 0. The predicted octanol–water partition coefficient (Wildman–Crippen LogP) is 2.74. The molecule has 0 aliphatic heterocycles. The number of aryl methyl sites for hydroxylation is 1. The summed E-state index contributed by atoms with van der Waals surface area (Å²) in [7, 11) is 0. The molecule has 31 heavy (non-hydrogen) atoms. The smallest absolute Gasteiger partial charge is 0.262 e. The van der Waals surface area contributed by atoms with Gasteiger partial charge in [-0.15, -0.1) is 0 Å². The second-order valence-corrected chi connectivity index (χ2v) is 7.70. The van der Waals surface area contributed by atoms with E-state index in [1.54, 1.807) is 9.08 Å². The molecule has 3 heterocycles. The number of anilines is 1. The highest BCUT2D eigenvalue weighted by Crippen LogP contribution is 2.22. The first kappa shape index (κ1) is 19.2. The summed E-state index contributed by atoms with van der Waals surface area (Å²) in [6.45, 7) is 3.96. The molecule has 8 nitrogen and oxygen atoms in total. The standard InChI is InChI=1S/C23H22N6O2/c1-14-11-21-28(23(31)17-8-4-6-10-19(17)29(21)27-14)12-20-25-18-9-5-3-7-16(18)22(26-20)24-15(2)13-30/h3-11,15,30H,12-13H2,1-2H3,(H,24,25,26). The van der Waals surface area contributed by atoms with Gasteiger partial charge in [-0.25, -0.2) is 14.5 Å². The Bertz CT molecular complexity index is 1490. The van der Waals surface area contributed by atoms with Gasteiger partial charge in [0.25, 0.3) is 5.56 Å². The highest BCUT2D eigenvalue weighted by molar-refractivity contribution is 5.89. The molecule has 0 saturated carbocycles. The second kappa shape index (κ2) is 7.48. The predicted molar refractivity (Wildman–Crippen MR) is 121 cm³/mol. The van der Waals surface area contributed by atoms with Crippen LogP contribution in [0.25, 0.3) is 27.5 Å². The fourth-order valence-electron chi connectivity index (χ4n) is 3.82. The molecule has 8 heteroatoms. The molecule has 1 unspecified atom stereocenters. The van der Waals surface area contributed by atoms with Gasteiger partial charge in [-0.3, -0.25) is 9.36 Å². The topological polar surface area (TPSA) is 97.3 Å². The third kappa shape index (κ3) is 3.30. The Labute approximate surface area is 177 Å². The van der Waals surface area contributed by atoms with E-state index in [9.17, 15) is 9.90 Å². The molecule has 5 rings (SSSR count). The largest absolute Gasteiger partial charge is 0.394 e. The van der Waals surface area contributed by atoms with Crippen LogP contribution in [0.3, 0.4) is 0 Å². The van der Waals surface area contributed by atoms with Gasteiger partial charge in [0, 0.05) is 17.5 Å². The number of nitrogens with one attached hydrogen (secondary N) is 1. The Hall–Kier alpha value is -3.78. The van der Waals surface area contributed by atoms with Gasteiger partial charge in [0.2, 0.25) is 0 Å². The van der Waals surface area contributed by atoms with Crippen LogP contribution in [0.2, 0.25) is 0 Å². The van der Waals surface area contributed by atoms with Gasteiger partial charge in [0.1, 0.15) is 11.5 Å². The van der Waals surface area contributed by atoms with Crippen molar-refractivity contribution >= 4 is 33.3 Å². The summed E-state index contributed by atoms with van der Waals surface area (Å²) in [5, 5.41) is 18.7. The average molecular weight is 414 g/mol. The Morgan fingerprint density at radius 2 is 1.81 bits per heavy atom. The molecule has 5 aromatic rings. The molecule has 0 fully saturated rings. The fourth-order valence-corrected chi connectivity index (χ4v) is 3.82. The number of benzene rings is 2. The van der Waals surface area contributed by atoms with Crippen LogP contribution in [-0.4, -0.2) is 41.9 Å². The number of hydrogen-bond acceptors (Lipinski definition) is 6. The van der Waals surface area contributed by atoms with Crippen LogP contribution >= 0.6 is 0 Å². The number of aliphatic hydroxyl groups is 1. The minimum Gasteiger partial charge on any atom is -0.394 e. The second-order valence-electron chi connectivity index (χ2n) is 7.70. The van der Waals surface area contributed by atoms with Crippen molar-refractivity contribution in [1.82, 2.24) is 24.1 Å². The molecule has 0 radical (unpaired) electrons. The molecular formula is C23H22N6O2. The van der Waals surface area contributed by atoms with Crippen LogP contribution in [0.1, 0.15) is 18.4 Å². The molecule has 2 N–H and O–H groups in total. The zero-order chi connectivity index (χ0) is 21.5. The zero-order valence-electron chi connectivity index (χ0n) is 17.3. The summed E-state index contributed by atoms with van der Waals surface area (Å²) in [4.78, 5) is 22.7. The van der Waals surface area contributed by atoms with Crippen molar-refractivity contribution in [2.75, 3.05) is 11.9 Å². The highest BCUT2D eigenvalue weighted by Gasteiger charge is 2.16. The molecule has 0 aliphatic carbocycles. The lowest BCUT2D eigenvalue weighted by Crippen LogP contribution is -2.25. The molecule has 156 valence electrons. The van der Waals surface area contributed by atoms with Gasteiger partial charge in [-0.05, 0) is 38.1 Å². The van der Waals surface area contributed by atoms with Crippen molar-refractivity contribution in [3.05, 3.63) is 76.5 Å². The number of rotatable bonds is 5. The van der Waals surface area contributed by atoms with Gasteiger partial charge >= 0.3 is 0 Å². The molecule has 0 amide bonds. The molecule has 0 bridgehead atoms. The lowest BCUT2D eigenvalue weighted by atomic mass is 10.2. The van der Waals surface area contributed by atoms with E-state index in [1.165, 1.54) is 0 Å². The summed E-state index contributed by atoms with van der Waals surface area (Å²) in [6, 6.07) is 16.9. The molecule has 0 spiro atoms. The SMILES string of the molecule is Cc1cc2n(Cc3nc(NC(C)CO)c4ccccc4n3)c(=O)c3ccccc3n2n1. The molecular weight excluding hydrogens is 392 g/mol. The van der Waals surface area contributed by atoms with Crippen molar-refractivity contribution in [2.45, 2.75) is 26.4 Å². The summed E-state index contributed by atoms with van der Waals surface area (Å²) in [6.07, 6.45) is 0. The number of aliphatic hydroxyl groups excluding tert-OH is 1. The zero-order valence-corrected chi connectivity index (χ0v) is 17.3. The minimum absolute atomic E-state index is 0.0203. The summed E-state index contributed by atoms with van der Waals surface area (Å²) in [5.41, 5.74) is 2.94. The number of para-hydroxylation sites is 2. The fraction of sp³-hybridized carbons (Fsp3) is 0.217. The van der Waals surface area contributed by atoms with E-state index in [1.807, 2.05) is 68.4 Å². The van der Waals surface area contributed by atoms with Gasteiger partial charge in [0.05, 0.1) is 35.3 Å². The van der Waals surface area contributed by atoms with E-state index >= 15 is 0 Å². The van der Waals surface area contributed by atoms with E-state index < -0.39 is 0 Å². The van der Waals surface area contributed by atoms with Crippen molar-refractivity contribution in [2.24, 2.45) is 0 Å². The number of nitrogens with zero attached hydrogens (tertiary/aromatic N) is 5. The first-order valence-corrected chi connectivity index (χ1v) is 10.2. The van der Waals surface area contributed by atoms with Gasteiger partial charge in [-0.2, -0.15) is 5.10 Å². The lowest BCUT2D eigenvalue weighted by Gasteiger charge is -2.15. The Morgan fingerprint density at radius 3 is 2.61 bits per heavy atom. The number of fused-ring (bicyclic) bond motifs is 4. The van der Waals surface area contributed by atoms with Crippen molar-refractivity contribution in [3.63, 3.8) is 0 Å². The number of aromatic nitrogens is 5.